The monoisotopic (exact) mass is 225 g/mol. The van der Waals surface area contributed by atoms with Crippen molar-refractivity contribution in [3.05, 3.63) is 53.6 Å². The van der Waals surface area contributed by atoms with Crippen LogP contribution >= 0.6 is 0 Å². The summed E-state index contributed by atoms with van der Waals surface area (Å²) in [7, 11) is 0. The van der Waals surface area contributed by atoms with Gasteiger partial charge < -0.3 is 0 Å². The number of hydrogen-bond donors (Lipinski definition) is 0. The number of hydrogen-bond acceptors (Lipinski definition) is 1. The lowest BCUT2D eigenvalue weighted by atomic mass is 9.87. The predicted octanol–water partition coefficient (Wildman–Crippen LogP) is 4.69. The second-order valence-corrected chi connectivity index (χ2v) is 4.69. The molecule has 1 aliphatic carbocycles. The van der Waals surface area contributed by atoms with Crippen LogP contribution in [0.5, 0.6) is 0 Å². The number of aliphatic imine (C=N–C) groups is 1. The Bertz CT molecular complexity index is 452. The van der Waals surface area contributed by atoms with E-state index >= 15 is 0 Å². The van der Waals surface area contributed by atoms with Crippen molar-refractivity contribution in [3.63, 3.8) is 0 Å². The second kappa shape index (κ2) is 5.62. The number of benzene rings is 1. The third kappa shape index (κ3) is 3.42. The van der Waals surface area contributed by atoms with Crippen molar-refractivity contribution in [1.82, 2.24) is 0 Å². The molecule has 0 amide bonds. The average Bonchev–Trinajstić information content (AvgIpc) is 2.37. The zero-order chi connectivity index (χ0) is 12.1. The van der Waals surface area contributed by atoms with E-state index in [1.165, 1.54) is 17.6 Å². The van der Waals surface area contributed by atoms with E-state index in [9.17, 15) is 0 Å². The summed E-state index contributed by atoms with van der Waals surface area (Å²) in [6.45, 7) is 4.41. The first-order valence-electron chi connectivity index (χ1n) is 6.23. The summed E-state index contributed by atoms with van der Waals surface area (Å²) >= 11 is 0. The second-order valence-electron chi connectivity index (χ2n) is 4.69. The van der Waals surface area contributed by atoms with Crippen LogP contribution < -0.4 is 0 Å². The van der Waals surface area contributed by atoms with Crippen molar-refractivity contribution >= 4 is 11.9 Å². The lowest BCUT2D eigenvalue weighted by Crippen LogP contribution is -2.05. The van der Waals surface area contributed by atoms with Crippen LogP contribution in [0, 0.1) is 5.92 Å². The molecule has 1 aromatic rings. The highest BCUT2D eigenvalue weighted by Gasteiger charge is 2.12. The van der Waals surface area contributed by atoms with Crippen LogP contribution in [-0.2, 0) is 0 Å². The smallest absolute Gasteiger partial charge is 0.0629 e. The first-order valence-corrected chi connectivity index (χ1v) is 6.23. The predicted molar refractivity (Wildman–Crippen MR) is 74.8 cm³/mol. The van der Waals surface area contributed by atoms with Gasteiger partial charge in [-0.3, -0.25) is 4.99 Å². The van der Waals surface area contributed by atoms with Gasteiger partial charge in [-0.1, -0.05) is 42.8 Å². The van der Waals surface area contributed by atoms with Crippen molar-refractivity contribution in [3.8, 4) is 0 Å². The summed E-state index contributed by atoms with van der Waals surface area (Å²) in [4.78, 5) is 4.51. The van der Waals surface area contributed by atoms with Gasteiger partial charge in [0.25, 0.3) is 0 Å². The number of allylic oxidation sites excluding steroid dienone is 4. The van der Waals surface area contributed by atoms with Gasteiger partial charge >= 0.3 is 0 Å². The van der Waals surface area contributed by atoms with Gasteiger partial charge in [0.2, 0.25) is 0 Å². The molecule has 1 unspecified atom stereocenters. The quantitative estimate of drug-likeness (QED) is 0.647. The van der Waals surface area contributed by atoms with E-state index in [1.54, 1.807) is 0 Å². The lowest BCUT2D eigenvalue weighted by molar-refractivity contribution is 0.570. The SMILES string of the molecule is C/C=C1/C=C(C=Nc2ccccc2)CC(C)C1. The Morgan fingerprint density at radius 1 is 1.18 bits per heavy atom. The van der Waals surface area contributed by atoms with Crippen LogP contribution in [-0.4, -0.2) is 6.21 Å². The molecule has 17 heavy (non-hydrogen) atoms. The summed E-state index contributed by atoms with van der Waals surface area (Å²) < 4.78 is 0. The van der Waals surface area contributed by atoms with Gasteiger partial charge in [0.15, 0.2) is 0 Å². The highest BCUT2D eigenvalue weighted by atomic mass is 14.7. The Balaban J connectivity index is 2.13. The van der Waals surface area contributed by atoms with Crippen molar-refractivity contribution in [1.29, 1.82) is 0 Å². The van der Waals surface area contributed by atoms with E-state index in [4.69, 9.17) is 0 Å². The molecule has 1 nitrogen and oxygen atoms in total. The van der Waals surface area contributed by atoms with Crippen LogP contribution in [0.3, 0.4) is 0 Å². The van der Waals surface area contributed by atoms with Gasteiger partial charge in [-0.25, -0.2) is 0 Å². The van der Waals surface area contributed by atoms with E-state index in [1.807, 2.05) is 36.5 Å². The Kier molecular flexibility index (Phi) is 3.92. The highest BCUT2D eigenvalue weighted by molar-refractivity contribution is 5.82. The molecule has 2 rings (SSSR count). The molecular weight excluding hydrogens is 206 g/mol. The van der Waals surface area contributed by atoms with Gasteiger partial charge in [-0.2, -0.15) is 0 Å². The maximum atomic E-state index is 4.51. The van der Waals surface area contributed by atoms with Gasteiger partial charge in [0.1, 0.15) is 0 Å². The largest absolute Gasteiger partial charge is 0.257 e. The minimum atomic E-state index is 0.725. The van der Waals surface area contributed by atoms with Crippen LogP contribution in [0.2, 0.25) is 0 Å². The minimum absolute atomic E-state index is 0.725. The number of rotatable bonds is 2. The third-order valence-electron chi connectivity index (χ3n) is 3.05. The molecule has 1 aromatic carbocycles. The molecule has 0 fully saturated rings. The van der Waals surface area contributed by atoms with Gasteiger partial charge in [-0.15, -0.1) is 0 Å². The first kappa shape index (κ1) is 11.8. The number of nitrogens with zero attached hydrogens (tertiary/aromatic N) is 1. The normalized spacial score (nSPS) is 23.1. The zero-order valence-corrected chi connectivity index (χ0v) is 10.6. The van der Waals surface area contributed by atoms with Crippen LogP contribution in [0.4, 0.5) is 5.69 Å². The van der Waals surface area contributed by atoms with Crippen molar-refractivity contribution in [2.45, 2.75) is 26.7 Å². The van der Waals surface area contributed by atoms with E-state index in [0.717, 1.165) is 18.0 Å². The molecular formula is C16H19N. The van der Waals surface area contributed by atoms with Crippen LogP contribution in [0.15, 0.2) is 58.6 Å². The Hall–Kier alpha value is -1.63. The maximum absolute atomic E-state index is 4.51. The molecule has 88 valence electrons. The van der Waals surface area contributed by atoms with E-state index in [2.05, 4.69) is 31.0 Å². The van der Waals surface area contributed by atoms with Crippen LogP contribution in [0.1, 0.15) is 26.7 Å². The molecule has 1 heteroatoms. The summed E-state index contributed by atoms with van der Waals surface area (Å²) in [5.41, 5.74) is 3.78. The Morgan fingerprint density at radius 3 is 2.65 bits per heavy atom. The van der Waals surface area contributed by atoms with Gasteiger partial charge in [0.05, 0.1) is 5.69 Å². The molecule has 0 saturated heterocycles. The molecule has 0 N–H and O–H groups in total. The van der Waals surface area contributed by atoms with Crippen LogP contribution in [0.25, 0.3) is 0 Å². The highest BCUT2D eigenvalue weighted by Crippen LogP contribution is 2.26. The maximum Gasteiger partial charge on any atom is 0.0629 e. The standard InChI is InChI=1S/C16H19N/c1-3-14-9-13(2)10-15(11-14)12-17-16-7-5-4-6-8-16/h3-8,11-13H,9-10H2,1-2H3/b14-3+,17-12?. The molecule has 0 saturated carbocycles. The fraction of sp³-hybridized carbons (Fsp3) is 0.312. The van der Waals surface area contributed by atoms with E-state index in [0.29, 0.717) is 0 Å². The molecule has 1 atom stereocenters. The summed E-state index contributed by atoms with van der Waals surface area (Å²) in [6.07, 6.45) is 8.81. The first-order chi connectivity index (χ1) is 8.28. The molecule has 0 aromatic heterocycles. The minimum Gasteiger partial charge on any atom is -0.257 e. The van der Waals surface area contributed by atoms with E-state index < -0.39 is 0 Å². The summed E-state index contributed by atoms with van der Waals surface area (Å²) in [5, 5.41) is 0. The fourth-order valence-electron chi connectivity index (χ4n) is 2.20. The third-order valence-corrected chi connectivity index (χ3v) is 3.05. The lowest BCUT2D eigenvalue weighted by Gasteiger charge is -2.18. The van der Waals surface area contributed by atoms with Crippen molar-refractivity contribution in [2.24, 2.45) is 10.9 Å². The fourth-order valence-corrected chi connectivity index (χ4v) is 2.20. The summed E-state index contributed by atoms with van der Waals surface area (Å²) in [5.74, 6) is 0.725. The Morgan fingerprint density at radius 2 is 1.94 bits per heavy atom. The molecule has 0 bridgehead atoms. The van der Waals surface area contributed by atoms with Gasteiger partial charge in [0, 0.05) is 6.21 Å². The molecule has 0 spiro atoms. The molecule has 0 aliphatic heterocycles. The number of para-hydroxylation sites is 1. The van der Waals surface area contributed by atoms with E-state index in [-0.39, 0.29) is 0 Å². The Labute approximate surface area is 104 Å². The van der Waals surface area contributed by atoms with Crippen molar-refractivity contribution in [2.75, 3.05) is 0 Å². The molecule has 0 heterocycles. The molecule has 0 radical (unpaired) electrons. The van der Waals surface area contributed by atoms with Gasteiger partial charge in [-0.05, 0) is 43.4 Å². The zero-order valence-electron chi connectivity index (χ0n) is 10.6. The molecule has 1 aliphatic rings. The average molecular weight is 225 g/mol. The summed E-state index contributed by atoms with van der Waals surface area (Å²) in [6, 6.07) is 10.1. The topological polar surface area (TPSA) is 12.4 Å². The van der Waals surface area contributed by atoms with Crippen molar-refractivity contribution < 1.29 is 0 Å².